The number of rotatable bonds is 7. The minimum absolute atomic E-state index is 0.0906. The Morgan fingerprint density at radius 2 is 1.87 bits per heavy atom. The van der Waals surface area contributed by atoms with Gasteiger partial charge in [-0.3, -0.25) is 9.52 Å². The van der Waals surface area contributed by atoms with Crippen LogP contribution in [-0.4, -0.2) is 31.6 Å². The fraction of sp³-hybridized carbons (Fsp3) is 0.286. The molecule has 0 aliphatic carbocycles. The maximum absolute atomic E-state index is 13.1. The van der Waals surface area contributed by atoms with E-state index in [1.165, 1.54) is 19.4 Å². The maximum atomic E-state index is 13.1. The van der Waals surface area contributed by atoms with Crippen molar-refractivity contribution >= 4 is 27.3 Å². The first-order valence-electron chi connectivity index (χ1n) is 9.57. The second-order valence-corrected chi connectivity index (χ2v) is 8.62. The summed E-state index contributed by atoms with van der Waals surface area (Å²) < 4.78 is 39.1. The normalized spacial score (nSPS) is 11.3. The van der Waals surface area contributed by atoms with E-state index < -0.39 is 15.9 Å². The van der Waals surface area contributed by atoms with Gasteiger partial charge in [0.05, 0.1) is 30.4 Å². The van der Waals surface area contributed by atoms with Crippen molar-refractivity contribution in [2.45, 2.75) is 39.0 Å². The van der Waals surface area contributed by atoms with Crippen molar-refractivity contribution in [1.82, 2.24) is 10.1 Å². The molecule has 2 N–H and O–H groups in total. The van der Waals surface area contributed by atoms with E-state index in [1.54, 1.807) is 6.92 Å². The fourth-order valence-electron chi connectivity index (χ4n) is 3.15. The number of carbonyl (C=O) groups excluding carboxylic acids is 1. The van der Waals surface area contributed by atoms with Crippen LogP contribution in [0.25, 0.3) is 0 Å². The molecule has 164 valence electrons. The van der Waals surface area contributed by atoms with E-state index in [4.69, 9.17) is 9.26 Å². The molecule has 0 radical (unpaired) electrons. The number of aromatic nitrogens is 2. The summed E-state index contributed by atoms with van der Waals surface area (Å²) in [5.41, 5.74) is 3.05. The van der Waals surface area contributed by atoms with E-state index in [-0.39, 0.29) is 16.5 Å². The minimum atomic E-state index is -4.05. The number of benzene rings is 1. The van der Waals surface area contributed by atoms with Gasteiger partial charge in [-0.2, -0.15) is 0 Å². The Morgan fingerprint density at radius 1 is 1.19 bits per heavy atom. The van der Waals surface area contributed by atoms with Crippen LogP contribution in [0, 0.1) is 20.8 Å². The molecule has 0 bridgehead atoms. The summed E-state index contributed by atoms with van der Waals surface area (Å²) in [6.07, 6.45) is 1.84. The molecule has 3 aromatic rings. The highest BCUT2D eigenvalue weighted by atomic mass is 32.2. The molecule has 9 nitrogen and oxygen atoms in total. The smallest absolute Gasteiger partial charge is 0.267 e. The molecule has 3 rings (SSSR count). The second kappa shape index (κ2) is 8.76. The number of hydrogen-bond donors (Lipinski definition) is 2. The fourth-order valence-corrected chi connectivity index (χ4v) is 4.50. The van der Waals surface area contributed by atoms with Crippen molar-refractivity contribution in [3.63, 3.8) is 0 Å². The lowest BCUT2D eigenvalue weighted by Crippen LogP contribution is -2.18. The van der Waals surface area contributed by atoms with Crippen LogP contribution in [0.4, 0.5) is 11.4 Å². The van der Waals surface area contributed by atoms with Gasteiger partial charge in [-0.1, -0.05) is 30.3 Å². The van der Waals surface area contributed by atoms with E-state index in [1.807, 2.05) is 39.0 Å². The van der Waals surface area contributed by atoms with Crippen molar-refractivity contribution in [1.29, 1.82) is 0 Å². The molecular weight excluding hydrogens is 420 g/mol. The first-order valence-corrected chi connectivity index (χ1v) is 11.1. The molecule has 1 aromatic carbocycles. The maximum Gasteiger partial charge on any atom is 0.267 e. The predicted molar refractivity (Wildman–Crippen MR) is 116 cm³/mol. The molecule has 0 saturated heterocycles. The van der Waals surface area contributed by atoms with Gasteiger partial charge in [0.2, 0.25) is 5.88 Å². The predicted octanol–water partition coefficient (Wildman–Crippen LogP) is 3.62. The number of methoxy groups -OCH3 is 1. The van der Waals surface area contributed by atoms with E-state index in [2.05, 4.69) is 20.2 Å². The standard InChI is InChI=1S/C21H24N4O5S/c1-6-16-18(14(4)30-24-16)20(26)23-15-10-17(21(29-5)22-11-15)31(27,28)25-19-12(2)8-7-9-13(19)3/h7-11,25H,6H2,1-5H3,(H,23,26). The number of nitrogens with zero attached hydrogens (tertiary/aromatic N) is 2. The van der Waals surface area contributed by atoms with Gasteiger partial charge in [-0.25, -0.2) is 13.4 Å². The lowest BCUT2D eigenvalue weighted by atomic mass is 10.1. The Bertz CT molecular complexity index is 1210. The zero-order valence-corrected chi connectivity index (χ0v) is 18.8. The highest BCUT2D eigenvalue weighted by molar-refractivity contribution is 7.92. The number of aryl methyl sites for hydroxylation is 4. The second-order valence-electron chi connectivity index (χ2n) is 6.97. The largest absolute Gasteiger partial charge is 0.480 e. The average molecular weight is 445 g/mol. The summed E-state index contributed by atoms with van der Waals surface area (Å²) in [5, 5.41) is 6.53. The van der Waals surface area contributed by atoms with Crippen molar-refractivity contribution in [3.8, 4) is 5.88 Å². The minimum Gasteiger partial charge on any atom is -0.480 e. The number of para-hydroxylation sites is 1. The Labute approximate surface area is 180 Å². The van der Waals surface area contributed by atoms with Gasteiger partial charge in [-0.15, -0.1) is 0 Å². The summed E-state index contributed by atoms with van der Waals surface area (Å²) in [4.78, 5) is 16.6. The lowest BCUT2D eigenvalue weighted by molar-refractivity contribution is 0.102. The number of pyridine rings is 1. The molecule has 0 aliphatic rings. The molecule has 0 saturated carbocycles. The van der Waals surface area contributed by atoms with Gasteiger partial charge in [0.25, 0.3) is 15.9 Å². The first kappa shape index (κ1) is 22.3. The number of nitrogens with one attached hydrogen (secondary N) is 2. The summed E-state index contributed by atoms with van der Waals surface area (Å²) >= 11 is 0. The van der Waals surface area contributed by atoms with Crippen LogP contribution in [-0.2, 0) is 16.4 Å². The highest BCUT2D eigenvalue weighted by Crippen LogP contribution is 2.29. The van der Waals surface area contributed by atoms with E-state index in [0.717, 1.165) is 11.1 Å². The van der Waals surface area contributed by atoms with Crippen LogP contribution in [0.15, 0.2) is 39.9 Å². The van der Waals surface area contributed by atoms with E-state index >= 15 is 0 Å². The Morgan fingerprint density at radius 3 is 2.48 bits per heavy atom. The third-order valence-electron chi connectivity index (χ3n) is 4.77. The molecule has 0 aliphatic heterocycles. The van der Waals surface area contributed by atoms with Gasteiger partial charge in [0.1, 0.15) is 11.3 Å². The van der Waals surface area contributed by atoms with E-state index in [9.17, 15) is 13.2 Å². The van der Waals surface area contributed by atoms with Crippen LogP contribution in [0.2, 0.25) is 0 Å². The molecule has 0 atom stereocenters. The zero-order chi connectivity index (χ0) is 22.8. The summed E-state index contributed by atoms with van der Waals surface area (Å²) in [6.45, 7) is 7.11. The Hall–Kier alpha value is -3.40. The average Bonchev–Trinajstić information content (AvgIpc) is 3.11. The highest BCUT2D eigenvalue weighted by Gasteiger charge is 2.25. The summed E-state index contributed by atoms with van der Waals surface area (Å²) in [6, 6.07) is 6.76. The van der Waals surface area contributed by atoms with Gasteiger partial charge >= 0.3 is 0 Å². The summed E-state index contributed by atoms with van der Waals surface area (Å²) in [5.74, 6) is -0.180. The van der Waals surface area contributed by atoms with Crippen LogP contribution in [0.1, 0.15) is 39.9 Å². The third kappa shape index (κ3) is 4.53. The van der Waals surface area contributed by atoms with Crippen LogP contribution < -0.4 is 14.8 Å². The van der Waals surface area contributed by atoms with Crippen LogP contribution in [0.5, 0.6) is 5.88 Å². The quantitative estimate of drug-likeness (QED) is 0.570. The van der Waals surface area contributed by atoms with Gasteiger partial charge in [-0.05, 0) is 44.4 Å². The number of anilines is 2. The molecule has 1 amide bonds. The third-order valence-corrected chi connectivity index (χ3v) is 6.12. The van der Waals surface area contributed by atoms with Crippen molar-refractivity contribution in [3.05, 3.63) is 58.6 Å². The zero-order valence-electron chi connectivity index (χ0n) is 17.9. The first-order chi connectivity index (χ1) is 14.7. The topological polar surface area (TPSA) is 123 Å². The molecule has 0 unspecified atom stereocenters. The van der Waals surface area contributed by atoms with Crippen LogP contribution in [0.3, 0.4) is 0 Å². The molecule has 10 heteroatoms. The number of sulfonamides is 1. The molecular formula is C21H24N4O5S. The number of hydrogen-bond acceptors (Lipinski definition) is 7. The monoisotopic (exact) mass is 444 g/mol. The lowest BCUT2D eigenvalue weighted by Gasteiger charge is -2.15. The van der Waals surface area contributed by atoms with Crippen LogP contribution >= 0.6 is 0 Å². The van der Waals surface area contributed by atoms with Gasteiger partial charge in [0, 0.05) is 0 Å². The molecule has 0 fully saturated rings. The molecule has 31 heavy (non-hydrogen) atoms. The van der Waals surface area contributed by atoms with Crippen molar-refractivity contribution in [2.75, 3.05) is 17.1 Å². The molecule has 2 aromatic heterocycles. The SMILES string of the molecule is CCc1noc(C)c1C(=O)Nc1cnc(OC)c(S(=O)(=O)Nc2c(C)cccc2C)c1. The number of carbonyl (C=O) groups is 1. The van der Waals surface area contributed by atoms with Crippen molar-refractivity contribution < 1.29 is 22.5 Å². The van der Waals surface area contributed by atoms with E-state index in [0.29, 0.717) is 29.1 Å². The Balaban J connectivity index is 1.97. The number of ether oxygens (including phenoxy) is 1. The summed E-state index contributed by atoms with van der Waals surface area (Å²) in [7, 11) is -2.73. The van der Waals surface area contributed by atoms with Crippen molar-refractivity contribution in [2.24, 2.45) is 0 Å². The number of amides is 1. The molecule has 0 spiro atoms. The van der Waals surface area contributed by atoms with Gasteiger partial charge in [0.15, 0.2) is 4.90 Å². The Kier molecular flexibility index (Phi) is 6.30. The molecule has 2 heterocycles. The van der Waals surface area contributed by atoms with Gasteiger partial charge < -0.3 is 14.6 Å².